The lowest BCUT2D eigenvalue weighted by Crippen LogP contribution is -2.69. The van der Waals surface area contributed by atoms with Crippen LogP contribution in [0.1, 0.15) is 0 Å². The maximum atomic E-state index is 9.46. The van der Waals surface area contributed by atoms with Gasteiger partial charge < -0.3 is 137 Å². The Kier molecular flexibility index (Phi) is 32.3. The van der Waals surface area contributed by atoms with E-state index in [4.69, 9.17) is 137 Å². The minimum atomic E-state index is -1.22. The van der Waals surface area contributed by atoms with Crippen LogP contribution in [0.15, 0.2) is 10.2 Å². The highest BCUT2D eigenvalue weighted by Gasteiger charge is 2.60. The molecule has 6 aliphatic rings. The standard InChI is InChI=1S/C54H96N6O29/c1-61-19-25-31(57-59-55)37(67-7)44(74-14)50(80-25)86-33-27(21-63-3)82-52(46(76-16)39(33)69-9)88-35-29(23-65-5)84-54(48(78-18)41(35)71-11)89-36-30(24-66-6)83-53(47(77-17)42(36)72-12)87-34-28(22-64-4)81-51(45(75-15)40(34)70-10)85-32-26(20-62-2)79-49(58-60-56)43(73-13)38(32)68-8/h25-54H,19-24H2,1-18H3/t25-,26-,27-,28-,29-,30-,31-,32-,33-,34-,35-,36-,37+,38+,39+,40+,41+,42+,43-,44-,45-,46-,47-,48-,49-,50-,51-,52-,53-,54-/m1/s1. The van der Waals surface area contributed by atoms with Gasteiger partial charge in [0.05, 0.1) is 57.9 Å². The summed E-state index contributed by atoms with van der Waals surface area (Å²) in [4.78, 5) is 5.96. The maximum Gasteiger partial charge on any atom is 0.187 e. The number of ether oxygens (including phenoxy) is 29. The molecule has 0 unspecified atom stereocenters. The fourth-order valence-corrected chi connectivity index (χ4v) is 12.7. The molecule has 516 valence electrons. The molecule has 6 rings (SSSR count). The van der Waals surface area contributed by atoms with Crippen LogP contribution in [0, 0.1) is 0 Å². The Labute approximate surface area is 519 Å². The predicted octanol–water partition coefficient (Wildman–Crippen LogP) is 0.309. The molecule has 6 fully saturated rings. The molecule has 0 saturated carbocycles. The van der Waals surface area contributed by atoms with E-state index >= 15 is 0 Å². The molecule has 6 aliphatic heterocycles. The van der Waals surface area contributed by atoms with Gasteiger partial charge in [-0.1, -0.05) is 10.2 Å². The summed E-state index contributed by atoms with van der Waals surface area (Å²) in [7, 11) is 26.7. The van der Waals surface area contributed by atoms with Crippen LogP contribution in [0.25, 0.3) is 20.9 Å². The summed E-state index contributed by atoms with van der Waals surface area (Å²) in [6.07, 6.45) is -28.4. The average molecular weight is 1290 g/mol. The van der Waals surface area contributed by atoms with Crippen molar-refractivity contribution < 1.29 is 137 Å². The van der Waals surface area contributed by atoms with Crippen LogP contribution >= 0.6 is 0 Å². The molecule has 6 heterocycles. The van der Waals surface area contributed by atoms with E-state index in [-0.39, 0.29) is 39.6 Å². The van der Waals surface area contributed by atoms with Gasteiger partial charge in [-0.3, -0.25) is 0 Å². The Morgan fingerprint density at radius 2 is 0.461 bits per heavy atom. The topological polar surface area (TPSA) is 365 Å². The van der Waals surface area contributed by atoms with Gasteiger partial charge in [0.15, 0.2) is 37.7 Å². The summed E-state index contributed by atoms with van der Waals surface area (Å²) in [6.45, 7) is -0.0740. The van der Waals surface area contributed by atoms with Crippen molar-refractivity contribution in [1.82, 2.24) is 0 Å². The molecular formula is C54H96N6O29. The van der Waals surface area contributed by atoms with Gasteiger partial charge in [-0.25, -0.2) is 0 Å². The van der Waals surface area contributed by atoms with Crippen LogP contribution in [-0.2, 0) is 137 Å². The third-order valence-corrected chi connectivity index (χ3v) is 16.7. The van der Waals surface area contributed by atoms with Gasteiger partial charge in [-0.15, -0.1) is 0 Å². The van der Waals surface area contributed by atoms with Gasteiger partial charge in [0.1, 0.15) is 128 Å². The van der Waals surface area contributed by atoms with Crippen LogP contribution in [0.2, 0.25) is 0 Å². The summed E-state index contributed by atoms with van der Waals surface area (Å²) in [5.41, 5.74) is 18.8. The molecule has 0 aromatic carbocycles. The van der Waals surface area contributed by atoms with Crippen molar-refractivity contribution >= 4 is 0 Å². The van der Waals surface area contributed by atoms with Gasteiger partial charge in [-0.2, -0.15) is 0 Å². The second-order valence-electron chi connectivity index (χ2n) is 21.3. The first-order chi connectivity index (χ1) is 43.3. The van der Waals surface area contributed by atoms with Crippen molar-refractivity contribution in [3.63, 3.8) is 0 Å². The molecule has 0 radical (unpaired) electrons. The number of azide groups is 2. The largest absolute Gasteiger partial charge is 0.382 e. The molecule has 89 heavy (non-hydrogen) atoms. The van der Waals surface area contributed by atoms with Crippen molar-refractivity contribution in [1.29, 1.82) is 0 Å². The zero-order chi connectivity index (χ0) is 64.9. The Bertz CT molecular complexity index is 2100. The first-order valence-electron chi connectivity index (χ1n) is 28.9. The highest BCUT2D eigenvalue weighted by atomic mass is 16.8. The number of hydrogen-bond donors (Lipinski definition) is 0. The lowest BCUT2D eigenvalue weighted by atomic mass is 9.94. The third-order valence-electron chi connectivity index (χ3n) is 16.7. The molecule has 0 aromatic heterocycles. The first kappa shape index (κ1) is 75.5. The number of nitrogens with zero attached hydrogens (tertiary/aromatic N) is 6. The second kappa shape index (κ2) is 38.1. The van der Waals surface area contributed by atoms with Gasteiger partial charge in [0.25, 0.3) is 0 Å². The van der Waals surface area contributed by atoms with E-state index in [0.717, 1.165) is 0 Å². The molecule has 30 atom stereocenters. The van der Waals surface area contributed by atoms with Crippen molar-refractivity contribution in [2.24, 2.45) is 10.2 Å². The lowest BCUT2D eigenvalue weighted by molar-refractivity contribution is -0.400. The van der Waals surface area contributed by atoms with Gasteiger partial charge in [0.2, 0.25) is 0 Å². The number of hydrogen-bond acceptors (Lipinski definition) is 31. The zero-order valence-electron chi connectivity index (χ0n) is 54.1. The maximum absolute atomic E-state index is 9.46. The molecule has 0 amide bonds. The Balaban J connectivity index is 1.24. The van der Waals surface area contributed by atoms with Crippen molar-refractivity contribution in [3.05, 3.63) is 20.9 Å². The molecule has 6 saturated heterocycles. The fraction of sp³-hybridized carbons (Fsp3) is 1.00. The Hall–Kier alpha value is -2.54. The average Bonchev–Trinajstić information content (AvgIpc) is 0.964. The third kappa shape index (κ3) is 17.3. The van der Waals surface area contributed by atoms with Crippen LogP contribution in [0.3, 0.4) is 0 Å². The first-order valence-corrected chi connectivity index (χ1v) is 28.9. The van der Waals surface area contributed by atoms with E-state index in [1.165, 1.54) is 128 Å². The Morgan fingerprint density at radius 1 is 0.247 bits per heavy atom. The molecule has 35 nitrogen and oxygen atoms in total. The van der Waals surface area contributed by atoms with Gasteiger partial charge >= 0.3 is 0 Å². The minimum Gasteiger partial charge on any atom is -0.382 e. The van der Waals surface area contributed by atoms with E-state index in [9.17, 15) is 11.1 Å². The van der Waals surface area contributed by atoms with E-state index in [0.29, 0.717) is 0 Å². The van der Waals surface area contributed by atoms with Crippen LogP contribution in [0.5, 0.6) is 0 Å². The predicted molar refractivity (Wildman–Crippen MR) is 299 cm³/mol. The summed E-state index contributed by atoms with van der Waals surface area (Å²) < 4.78 is 181. The molecule has 0 spiro atoms. The van der Waals surface area contributed by atoms with E-state index < -0.39 is 184 Å². The molecule has 0 aliphatic carbocycles. The number of rotatable bonds is 36. The van der Waals surface area contributed by atoms with Crippen LogP contribution in [0.4, 0.5) is 0 Å². The quantitative estimate of drug-likeness (QED) is 0.0463. The second-order valence-corrected chi connectivity index (χ2v) is 21.3. The lowest BCUT2D eigenvalue weighted by Gasteiger charge is -2.52. The summed E-state index contributed by atoms with van der Waals surface area (Å²) >= 11 is 0. The monoisotopic (exact) mass is 1290 g/mol. The van der Waals surface area contributed by atoms with E-state index in [2.05, 4.69) is 20.1 Å². The van der Waals surface area contributed by atoms with Gasteiger partial charge in [0, 0.05) is 138 Å². The van der Waals surface area contributed by atoms with Gasteiger partial charge in [-0.05, 0) is 11.1 Å². The summed E-state index contributed by atoms with van der Waals surface area (Å²) in [6, 6.07) is -0.828. The highest BCUT2D eigenvalue weighted by molar-refractivity contribution is 5.03. The van der Waals surface area contributed by atoms with Crippen LogP contribution < -0.4 is 0 Å². The normalized spacial score (nSPS) is 42.9. The molecular weight excluding hydrogens is 1200 g/mol. The molecule has 35 heteroatoms. The smallest absolute Gasteiger partial charge is 0.187 e. The molecule has 0 N–H and O–H groups in total. The zero-order valence-corrected chi connectivity index (χ0v) is 54.1. The van der Waals surface area contributed by atoms with E-state index in [1.807, 2.05) is 0 Å². The van der Waals surface area contributed by atoms with Crippen molar-refractivity contribution in [2.45, 2.75) is 184 Å². The number of methoxy groups -OCH3 is 18. The molecule has 0 aromatic rings. The van der Waals surface area contributed by atoms with Crippen molar-refractivity contribution in [3.8, 4) is 0 Å². The highest BCUT2D eigenvalue weighted by Crippen LogP contribution is 2.41. The van der Waals surface area contributed by atoms with E-state index in [1.54, 1.807) is 0 Å². The summed E-state index contributed by atoms with van der Waals surface area (Å²) in [5.74, 6) is 0. The summed E-state index contributed by atoms with van der Waals surface area (Å²) in [5, 5.41) is 7.75. The SMILES string of the molecule is COC[C@H]1O[C@H](O[C@H]2[C@H](OC)[C@@H](OC)[C@@H](O[C@H]3[C@H](OC)[C@@H](OC)[C@@H](O[C@H]4[C@H](OC)[C@@H](OC)[C@@H](O[C@H]5[C@H](OC)[C@@H](OC)[C@@H](O[C@H]6[C@H](OC)[C@@H](OC)[C@H](N=[N+]=[N-])O[C@@H]6COC)O[C@@H]5COC)O[C@@H]4COC)O[C@@H]3COC)O[C@@H]2COC)[C@H](OC)[C@@H](OC)[C@@H]1N=[N+]=[N-]. The van der Waals surface area contributed by atoms with Crippen molar-refractivity contribution in [2.75, 3.05) is 168 Å². The Morgan fingerprint density at radius 3 is 0.697 bits per heavy atom. The fourth-order valence-electron chi connectivity index (χ4n) is 12.7. The van der Waals surface area contributed by atoms with Crippen LogP contribution in [-0.4, -0.2) is 352 Å². The minimum absolute atomic E-state index is 0.0181. The molecule has 0 bridgehead atoms.